The molecule has 0 rings (SSSR count). The Kier molecular flexibility index (Phi) is 8.21. The molecule has 0 bridgehead atoms. The molecular weight excluding hydrogens is 188 g/mol. The molecule has 0 aliphatic rings. The van der Waals surface area contributed by atoms with Crippen LogP contribution < -0.4 is 18.1 Å². The Hall–Kier alpha value is -0.380. The van der Waals surface area contributed by atoms with Gasteiger partial charge in [-0.1, -0.05) is 6.58 Å². The number of halogens is 1. The highest BCUT2D eigenvalue weighted by Gasteiger charge is 2.11. The molecule has 0 heterocycles. The number of carbonyl (C=O) groups is 1. The quantitative estimate of drug-likeness (QED) is 0.297. The van der Waals surface area contributed by atoms with E-state index in [1.165, 1.54) is 6.08 Å². The van der Waals surface area contributed by atoms with E-state index in [1.54, 1.807) is 0 Å². The summed E-state index contributed by atoms with van der Waals surface area (Å²) < 4.78 is 0.768. The highest BCUT2D eigenvalue weighted by atomic mass is 35.5. The summed E-state index contributed by atoms with van der Waals surface area (Å²) in [6, 6.07) is 0. The van der Waals surface area contributed by atoms with E-state index < -0.39 is 0 Å². The molecule has 0 radical (unpaired) electrons. The van der Waals surface area contributed by atoms with Crippen molar-refractivity contribution in [2.75, 3.05) is 27.3 Å². The van der Waals surface area contributed by atoms with Gasteiger partial charge in [-0.15, -0.1) is 0 Å². The van der Waals surface area contributed by atoms with E-state index in [-0.39, 0.29) is 18.2 Å². The number of quaternary nitrogens is 1. The average molecular weight is 207 g/mol. The first-order valence-electron chi connectivity index (χ1n) is 4.19. The van der Waals surface area contributed by atoms with Crippen LogP contribution in [0.4, 0.5) is 0 Å². The lowest BCUT2D eigenvalue weighted by molar-refractivity contribution is -0.890. The average Bonchev–Trinajstić information content (AvgIpc) is 2.04. The number of ketones is 1. The minimum atomic E-state index is 0. The summed E-state index contributed by atoms with van der Waals surface area (Å²) in [7, 11) is 4.11. The topological polar surface area (TPSA) is 43.1 Å². The van der Waals surface area contributed by atoms with Crippen LogP contribution in [0.3, 0.4) is 0 Å². The fourth-order valence-corrected chi connectivity index (χ4v) is 0.875. The Bertz CT molecular complexity index is 169. The van der Waals surface area contributed by atoms with Crippen LogP contribution >= 0.6 is 0 Å². The largest absolute Gasteiger partial charge is 1.00 e. The van der Waals surface area contributed by atoms with E-state index >= 15 is 0 Å². The van der Waals surface area contributed by atoms with Crippen LogP contribution in [0.25, 0.3) is 0 Å². The van der Waals surface area contributed by atoms with E-state index in [0.29, 0.717) is 13.1 Å². The van der Waals surface area contributed by atoms with Crippen molar-refractivity contribution in [3.63, 3.8) is 0 Å². The van der Waals surface area contributed by atoms with Gasteiger partial charge in [0, 0.05) is 12.8 Å². The molecule has 3 nitrogen and oxygen atoms in total. The molecule has 0 aromatic heterocycles. The van der Waals surface area contributed by atoms with Crippen molar-refractivity contribution >= 4 is 5.78 Å². The van der Waals surface area contributed by atoms with Gasteiger partial charge < -0.3 is 16.9 Å². The number of allylic oxidation sites excluding steroid dienone is 1. The zero-order valence-corrected chi connectivity index (χ0v) is 9.18. The van der Waals surface area contributed by atoms with Gasteiger partial charge in [0.15, 0.2) is 5.78 Å². The first kappa shape index (κ1) is 15.1. The fourth-order valence-electron chi connectivity index (χ4n) is 0.875. The molecule has 0 unspecified atom stereocenters. The summed E-state index contributed by atoms with van der Waals surface area (Å²) in [6.07, 6.45) is 2.85. The van der Waals surface area contributed by atoms with Gasteiger partial charge in [-0.2, -0.15) is 0 Å². The second-order valence-electron chi connectivity index (χ2n) is 3.62. The molecule has 0 aromatic carbocycles. The van der Waals surface area contributed by atoms with Crippen molar-refractivity contribution in [2.45, 2.75) is 12.8 Å². The van der Waals surface area contributed by atoms with Gasteiger partial charge in [-0.25, -0.2) is 0 Å². The minimum absolute atomic E-state index is 0. The molecule has 0 atom stereocenters. The van der Waals surface area contributed by atoms with Crippen molar-refractivity contribution < 1.29 is 21.7 Å². The summed E-state index contributed by atoms with van der Waals surface area (Å²) in [4.78, 5) is 10.8. The molecule has 0 amide bonds. The van der Waals surface area contributed by atoms with Crippen LogP contribution in [0.15, 0.2) is 12.7 Å². The van der Waals surface area contributed by atoms with Crippen molar-refractivity contribution in [3.8, 4) is 0 Å². The van der Waals surface area contributed by atoms with Crippen LogP contribution in [0.1, 0.15) is 12.8 Å². The molecule has 13 heavy (non-hydrogen) atoms. The van der Waals surface area contributed by atoms with Crippen LogP contribution in [0.2, 0.25) is 0 Å². The number of hydrogen-bond donors (Lipinski definition) is 1. The highest BCUT2D eigenvalue weighted by Crippen LogP contribution is 1.99. The minimum Gasteiger partial charge on any atom is -1.00 e. The molecule has 0 saturated heterocycles. The lowest BCUT2D eigenvalue weighted by Gasteiger charge is -2.27. The van der Waals surface area contributed by atoms with Gasteiger partial charge in [0.05, 0.1) is 20.6 Å². The third-order valence-electron chi connectivity index (χ3n) is 1.91. The Morgan fingerprint density at radius 3 is 2.46 bits per heavy atom. The zero-order chi connectivity index (χ0) is 9.61. The fraction of sp³-hybridized carbons (Fsp3) is 0.667. The Balaban J connectivity index is 0. The van der Waals surface area contributed by atoms with Crippen molar-refractivity contribution in [1.82, 2.24) is 0 Å². The van der Waals surface area contributed by atoms with Crippen molar-refractivity contribution in [1.29, 1.82) is 0 Å². The van der Waals surface area contributed by atoms with E-state index in [4.69, 9.17) is 5.73 Å². The number of hydrogen-bond acceptors (Lipinski definition) is 2. The van der Waals surface area contributed by atoms with E-state index in [2.05, 4.69) is 20.7 Å². The molecule has 0 aromatic rings. The third kappa shape index (κ3) is 7.96. The lowest BCUT2D eigenvalue weighted by atomic mass is 10.2. The van der Waals surface area contributed by atoms with E-state index in [0.717, 1.165) is 17.4 Å². The summed E-state index contributed by atoms with van der Waals surface area (Å²) >= 11 is 0. The molecule has 4 heteroatoms. The second kappa shape index (κ2) is 7.06. The third-order valence-corrected chi connectivity index (χ3v) is 1.91. The molecule has 78 valence electrons. The van der Waals surface area contributed by atoms with Gasteiger partial charge in [0.1, 0.15) is 6.67 Å². The van der Waals surface area contributed by atoms with E-state index in [1.807, 2.05) is 0 Å². The maximum absolute atomic E-state index is 10.8. The summed E-state index contributed by atoms with van der Waals surface area (Å²) in [6.45, 7) is 4.97. The van der Waals surface area contributed by atoms with Crippen LogP contribution in [-0.2, 0) is 4.79 Å². The Morgan fingerprint density at radius 2 is 2.08 bits per heavy atom. The standard InChI is InChI=1S/C9H19N2O.ClH/c1-4-9(12)6-5-7-11(2,3)8-10;/h4H,1,5-8,10H2,2-3H3;1H/q+1;/p-1. The molecule has 2 N–H and O–H groups in total. The molecular formula is C9H19ClN2O. The summed E-state index contributed by atoms with van der Waals surface area (Å²) in [5.74, 6) is 0.118. The number of nitrogens with two attached hydrogens (primary N) is 1. The molecule has 0 aliphatic heterocycles. The first-order valence-corrected chi connectivity index (χ1v) is 4.19. The van der Waals surface area contributed by atoms with Crippen LogP contribution in [-0.4, -0.2) is 37.6 Å². The number of rotatable bonds is 6. The second-order valence-corrected chi connectivity index (χ2v) is 3.62. The molecule has 0 spiro atoms. The predicted octanol–water partition coefficient (Wildman–Crippen LogP) is -2.48. The number of nitrogens with zero attached hydrogens (tertiary/aromatic N) is 1. The van der Waals surface area contributed by atoms with Gasteiger partial charge in [-0.05, 0) is 6.08 Å². The van der Waals surface area contributed by atoms with Crippen molar-refractivity contribution in [2.24, 2.45) is 5.73 Å². The highest BCUT2D eigenvalue weighted by molar-refractivity contribution is 5.88. The van der Waals surface area contributed by atoms with E-state index in [9.17, 15) is 4.79 Å². The number of carbonyl (C=O) groups excluding carboxylic acids is 1. The van der Waals surface area contributed by atoms with Gasteiger partial charge >= 0.3 is 0 Å². The lowest BCUT2D eigenvalue weighted by Crippen LogP contribution is -3.00. The maximum Gasteiger partial charge on any atom is 0.155 e. The van der Waals surface area contributed by atoms with Gasteiger partial charge in [-0.3, -0.25) is 10.5 Å². The van der Waals surface area contributed by atoms with Crippen molar-refractivity contribution in [3.05, 3.63) is 12.7 Å². The first-order chi connectivity index (χ1) is 5.52. The summed E-state index contributed by atoms with van der Waals surface area (Å²) in [5, 5.41) is 0. The monoisotopic (exact) mass is 206 g/mol. The predicted molar refractivity (Wildman–Crippen MR) is 50.5 cm³/mol. The van der Waals surface area contributed by atoms with Gasteiger partial charge in [0.2, 0.25) is 0 Å². The Morgan fingerprint density at radius 1 is 1.54 bits per heavy atom. The Labute approximate surface area is 86.6 Å². The SMILES string of the molecule is C=CC(=O)CCC[N+](C)(C)CN.[Cl-]. The van der Waals surface area contributed by atoms with Crippen LogP contribution in [0.5, 0.6) is 0 Å². The maximum atomic E-state index is 10.8. The summed E-state index contributed by atoms with van der Waals surface area (Å²) in [5.41, 5.74) is 5.52. The molecule has 0 aliphatic carbocycles. The van der Waals surface area contributed by atoms with Gasteiger partial charge in [0.25, 0.3) is 0 Å². The normalized spacial score (nSPS) is 10.4. The smallest absolute Gasteiger partial charge is 0.155 e. The zero-order valence-electron chi connectivity index (χ0n) is 8.42. The molecule has 0 fully saturated rings. The molecule has 0 saturated carbocycles. The van der Waals surface area contributed by atoms with Crippen LogP contribution in [0, 0.1) is 0 Å².